The average molecular weight is 271 g/mol. The summed E-state index contributed by atoms with van der Waals surface area (Å²) in [5.41, 5.74) is 0. The van der Waals surface area contributed by atoms with Gasteiger partial charge < -0.3 is 2.85 Å². The molecule has 0 bridgehead atoms. The zero-order valence-corrected chi connectivity index (χ0v) is 10.8. The van der Waals surface area contributed by atoms with E-state index in [0.717, 1.165) is 0 Å². The minimum Gasteiger partial charge on any atom is -1.00 e. The zero-order chi connectivity index (χ0) is 0. The van der Waals surface area contributed by atoms with Crippen LogP contribution in [0.15, 0.2) is 0 Å². The van der Waals surface area contributed by atoms with Gasteiger partial charge in [0.25, 0.3) is 0 Å². The molecule has 0 N–H and O–H groups in total. The van der Waals surface area contributed by atoms with E-state index in [0.29, 0.717) is 0 Å². The molecular weight excluding hydrogens is 266 g/mol. The van der Waals surface area contributed by atoms with Crippen LogP contribution in [0.1, 0.15) is 2.85 Å². The second-order valence-electron chi connectivity index (χ2n) is 0. The Bertz CT molecular complexity index is 13.5. The minimum absolute atomic E-state index is 0. The summed E-state index contributed by atoms with van der Waals surface area (Å²) in [6.45, 7) is 0. The maximum Gasteiger partial charge on any atom is 2.00 e. The Morgan fingerprint density at radius 2 is 1.25 bits per heavy atom. The quantitative estimate of drug-likeness (QED) is 0.478. The summed E-state index contributed by atoms with van der Waals surface area (Å²) < 4.78 is 0. The number of rotatable bonds is 0. The van der Waals surface area contributed by atoms with Gasteiger partial charge in [-0.05, 0) is 11.0 Å². The van der Waals surface area contributed by atoms with Crippen molar-refractivity contribution < 1.29 is 77.3 Å². The largest absolute Gasteiger partial charge is 2.00 e. The van der Waals surface area contributed by atoms with Gasteiger partial charge in [0.1, 0.15) is 0 Å². The molecule has 18 valence electrons. The maximum atomic E-state index is 0. The molecule has 0 heterocycles. The predicted octanol–water partition coefficient (Wildman–Crippen LogP) is -1.34. The van der Waals surface area contributed by atoms with E-state index in [1.807, 2.05) is 0 Å². The van der Waals surface area contributed by atoms with Gasteiger partial charge in [-0.3, -0.25) is 0 Å². The summed E-state index contributed by atoms with van der Waals surface area (Å²) in [6.07, 6.45) is 0. The van der Waals surface area contributed by atoms with E-state index in [1.54, 1.807) is 0 Å². The van der Waals surface area contributed by atoms with Crippen molar-refractivity contribution in [3.05, 3.63) is 0 Å². The topological polar surface area (TPSA) is 0 Å². The van der Waals surface area contributed by atoms with Gasteiger partial charge in [0.05, 0.1) is 0 Å². The van der Waals surface area contributed by atoms with Gasteiger partial charge in [-0.25, -0.2) is 0 Å². The van der Waals surface area contributed by atoms with E-state index in [4.69, 9.17) is 0 Å². The van der Waals surface area contributed by atoms with Crippen LogP contribution in [0.3, 0.4) is 0 Å². The minimum atomic E-state index is 0. The Kier molecular flexibility index (Phi) is 122. The van der Waals surface area contributed by atoms with E-state index in [2.05, 4.69) is 0 Å². The molecule has 0 unspecified atom stereocenters. The van der Waals surface area contributed by atoms with Crippen molar-refractivity contribution in [2.45, 2.75) is 0 Å². The van der Waals surface area contributed by atoms with E-state index in [-0.39, 0.29) is 98.4 Å². The Hall–Kier alpha value is 2.87. The summed E-state index contributed by atoms with van der Waals surface area (Å²) in [5.74, 6) is 0. The molecule has 0 aliphatic carbocycles. The normalized spacial score (nSPS) is 0. The fourth-order valence-corrected chi connectivity index (χ4v) is 0. The van der Waals surface area contributed by atoms with Gasteiger partial charge in [0.2, 0.25) is 0 Å². The molecule has 0 aromatic carbocycles. The van der Waals surface area contributed by atoms with Crippen molar-refractivity contribution >= 4 is 21.1 Å². The van der Waals surface area contributed by atoms with Gasteiger partial charge in [-0.1, -0.05) is 0 Å². The van der Waals surface area contributed by atoms with Crippen molar-refractivity contribution in [3.63, 3.8) is 0 Å². The van der Waals surface area contributed by atoms with E-state index in [1.165, 1.54) is 0 Å². The van der Waals surface area contributed by atoms with Crippen LogP contribution in [0, 0.1) is 41.7 Å². The Balaban J connectivity index is 0. The number of hydrogen-bond donors (Lipinski definition) is 0. The van der Waals surface area contributed by atoms with Crippen LogP contribution in [0.4, 0.5) is 0 Å². The third-order valence-corrected chi connectivity index (χ3v) is 0. The molecule has 0 amide bonds. The third kappa shape index (κ3) is 8.85. The molecule has 0 nitrogen and oxygen atoms in total. The molecule has 0 aliphatic heterocycles. The molecule has 4 heteroatoms. The number of hydrogen-bond acceptors (Lipinski definition) is 0. The first-order valence-corrected chi connectivity index (χ1v) is 0. The van der Waals surface area contributed by atoms with Crippen LogP contribution in [0.2, 0.25) is 0 Å². The van der Waals surface area contributed by atoms with Gasteiger partial charge in [0, 0.05) is 74.5 Å². The molecule has 0 saturated heterocycles. The van der Waals surface area contributed by atoms with Crippen molar-refractivity contribution in [3.8, 4) is 0 Å². The standard InChI is InChI=1S/Be.Ce.H3Si.Y.2H/h;;1H3;;;/q+2;;;;2*-1. The fraction of sp³-hybridized carbons (Fsp3) is 0. The van der Waals surface area contributed by atoms with Crippen LogP contribution < -0.4 is 0 Å². The Morgan fingerprint density at radius 3 is 1.25 bits per heavy atom. The summed E-state index contributed by atoms with van der Waals surface area (Å²) in [6, 6.07) is 0. The molecular formula is H5BeCeSiY. The molecule has 0 aliphatic rings. The molecule has 0 aromatic heterocycles. The van der Waals surface area contributed by atoms with Crippen molar-refractivity contribution in [2.24, 2.45) is 0 Å². The van der Waals surface area contributed by atoms with E-state index >= 15 is 0 Å². The third-order valence-electron chi connectivity index (χ3n) is 0. The zero-order valence-electron chi connectivity index (χ0n) is 4.78. The second kappa shape index (κ2) is 16.9. The second-order valence-corrected chi connectivity index (χ2v) is 0. The monoisotopic (exact) mass is 271 g/mol. The average Bonchev–Trinajstić information content (AvgIpc) is 0. The SMILES string of the molecule is [Be+2].[Ce].[H-].[H-].[SiH3].[Y]. The molecule has 0 fully saturated rings. The summed E-state index contributed by atoms with van der Waals surface area (Å²) in [4.78, 5) is 0. The predicted molar refractivity (Wildman–Crippen MR) is 17.9 cm³/mol. The van der Waals surface area contributed by atoms with Crippen LogP contribution in [0.5, 0.6) is 0 Å². The summed E-state index contributed by atoms with van der Waals surface area (Å²) in [5, 5.41) is 0. The molecule has 4 heavy (non-hydrogen) atoms. The van der Waals surface area contributed by atoms with Gasteiger partial charge in [-0.15, -0.1) is 0 Å². The molecule has 0 saturated carbocycles. The van der Waals surface area contributed by atoms with Gasteiger partial charge >= 0.3 is 10.1 Å². The first-order chi connectivity index (χ1) is 0. The fourth-order valence-electron chi connectivity index (χ4n) is 0. The van der Waals surface area contributed by atoms with Crippen molar-refractivity contribution in [1.82, 2.24) is 0 Å². The molecule has 0 atom stereocenters. The first-order valence-electron chi connectivity index (χ1n) is 0. The molecule has 2 radical (unpaired) electrons. The first kappa shape index (κ1) is 28.8. The molecule has 0 spiro atoms. The smallest absolute Gasteiger partial charge is 1.00 e. The van der Waals surface area contributed by atoms with Gasteiger partial charge in [0.15, 0.2) is 0 Å². The maximum absolute atomic E-state index is 0. The van der Waals surface area contributed by atoms with E-state index < -0.39 is 0 Å². The Morgan fingerprint density at radius 1 is 1.25 bits per heavy atom. The van der Waals surface area contributed by atoms with Crippen molar-refractivity contribution in [2.75, 3.05) is 0 Å². The van der Waals surface area contributed by atoms with Crippen LogP contribution >= 0.6 is 0 Å². The molecule has 0 rings (SSSR count). The van der Waals surface area contributed by atoms with Gasteiger partial charge in [-0.2, -0.15) is 0 Å². The Labute approximate surface area is 96.3 Å². The van der Waals surface area contributed by atoms with Crippen molar-refractivity contribution in [1.29, 1.82) is 0 Å². The van der Waals surface area contributed by atoms with Crippen LogP contribution in [-0.2, 0) is 32.7 Å². The van der Waals surface area contributed by atoms with Crippen LogP contribution in [0.25, 0.3) is 0 Å². The van der Waals surface area contributed by atoms with Crippen LogP contribution in [-0.4, -0.2) is 21.1 Å². The summed E-state index contributed by atoms with van der Waals surface area (Å²) in [7, 11) is 0. The molecule has 0 aromatic rings. The van der Waals surface area contributed by atoms with E-state index in [9.17, 15) is 0 Å². The summed E-state index contributed by atoms with van der Waals surface area (Å²) >= 11 is 0.